The van der Waals surface area contributed by atoms with E-state index in [-0.39, 0.29) is 5.91 Å². The van der Waals surface area contributed by atoms with Crippen LogP contribution in [0.1, 0.15) is 36.8 Å². The predicted octanol–water partition coefficient (Wildman–Crippen LogP) is 5.24. The molecular weight excluding hydrogens is 396 g/mol. The quantitative estimate of drug-likeness (QED) is 0.438. The zero-order valence-corrected chi connectivity index (χ0v) is 17.6. The number of nitrogens with zero attached hydrogens (tertiary/aromatic N) is 1. The third kappa shape index (κ3) is 4.28. The van der Waals surface area contributed by atoms with Crippen molar-refractivity contribution in [3.63, 3.8) is 0 Å². The summed E-state index contributed by atoms with van der Waals surface area (Å²) in [6, 6.07) is 21.0. The third-order valence-electron chi connectivity index (χ3n) is 4.79. The average Bonchev–Trinajstić information content (AvgIpc) is 3.31. The fourth-order valence-corrected chi connectivity index (χ4v) is 3.44. The van der Waals surface area contributed by atoms with E-state index in [1.807, 2.05) is 48.5 Å². The molecule has 0 saturated carbocycles. The van der Waals surface area contributed by atoms with Crippen LogP contribution in [0.15, 0.2) is 76.8 Å². The molecule has 2 heterocycles. The zero-order valence-electron chi connectivity index (χ0n) is 16.8. The molecule has 4 rings (SSSR count). The number of hydrogen-bond acceptors (Lipinski definition) is 4. The van der Waals surface area contributed by atoms with Crippen LogP contribution < -0.4 is 15.0 Å². The van der Waals surface area contributed by atoms with Crippen LogP contribution in [0.2, 0.25) is 0 Å². The highest BCUT2D eigenvalue weighted by molar-refractivity contribution is 7.80. The van der Waals surface area contributed by atoms with Gasteiger partial charge in [-0.3, -0.25) is 9.69 Å². The summed E-state index contributed by atoms with van der Waals surface area (Å²) in [5.41, 5.74) is 2.36. The standard InChI is InChI=1S/C24H22N2O3S/c1-16(2)17-8-10-19(11-9-17)28-15-21-13-12-20(29-21)14-22-23(27)26(24(30)25-22)18-6-4-3-5-7-18/h3-14,16H,15H2,1-2H3,(H,25,30)/b22-14+. The lowest BCUT2D eigenvalue weighted by molar-refractivity contribution is -0.113. The maximum Gasteiger partial charge on any atom is 0.281 e. The van der Waals surface area contributed by atoms with Crippen molar-refractivity contribution in [3.8, 4) is 5.75 Å². The summed E-state index contributed by atoms with van der Waals surface area (Å²) in [5.74, 6) is 2.27. The molecule has 5 nitrogen and oxygen atoms in total. The first kappa shape index (κ1) is 19.9. The summed E-state index contributed by atoms with van der Waals surface area (Å²) in [6.07, 6.45) is 1.65. The lowest BCUT2D eigenvalue weighted by Crippen LogP contribution is -2.30. The molecule has 0 bridgehead atoms. The van der Waals surface area contributed by atoms with Crippen LogP contribution in [-0.4, -0.2) is 11.0 Å². The number of carbonyl (C=O) groups is 1. The molecule has 1 aliphatic heterocycles. The number of amides is 1. The molecule has 1 amide bonds. The van der Waals surface area contributed by atoms with Gasteiger partial charge in [-0.15, -0.1) is 0 Å². The number of ether oxygens (including phenoxy) is 1. The Morgan fingerprint density at radius 3 is 2.50 bits per heavy atom. The van der Waals surface area contributed by atoms with Gasteiger partial charge in [-0.05, 0) is 60.1 Å². The zero-order chi connectivity index (χ0) is 21.1. The Morgan fingerprint density at radius 2 is 1.80 bits per heavy atom. The molecule has 0 atom stereocenters. The van der Waals surface area contributed by atoms with Crippen LogP contribution in [0.25, 0.3) is 6.08 Å². The Bertz CT molecular complexity index is 1090. The first-order valence-electron chi connectivity index (χ1n) is 9.75. The number of thiocarbonyl (C=S) groups is 1. The highest BCUT2D eigenvalue weighted by Crippen LogP contribution is 2.23. The monoisotopic (exact) mass is 418 g/mol. The lowest BCUT2D eigenvalue weighted by Gasteiger charge is -2.13. The van der Waals surface area contributed by atoms with Crippen LogP contribution >= 0.6 is 12.2 Å². The van der Waals surface area contributed by atoms with Crippen molar-refractivity contribution < 1.29 is 13.9 Å². The molecular formula is C24H22N2O3S. The average molecular weight is 419 g/mol. The van der Waals surface area contributed by atoms with Crippen molar-refractivity contribution in [2.75, 3.05) is 4.90 Å². The lowest BCUT2D eigenvalue weighted by atomic mass is 10.0. The van der Waals surface area contributed by atoms with Crippen molar-refractivity contribution in [2.24, 2.45) is 0 Å². The number of benzene rings is 2. The molecule has 0 radical (unpaired) electrons. The second-order valence-corrected chi connectivity index (χ2v) is 7.67. The minimum absolute atomic E-state index is 0.217. The maximum atomic E-state index is 12.8. The number of carbonyl (C=O) groups excluding carboxylic acids is 1. The molecule has 0 spiro atoms. The van der Waals surface area contributed by atoms with E-state index in [4.69, 9.17) is 21.4 Å². The molecule has 1 N–H and O–H groups in total. The molecule has 1 fully saturated rings. The van der Waals surface area contributed by atoms with Gasteiger partial charge in [0.15, 0.2) is 5.11 Å². The van der Waals surface area contributed by atoms with Crippen molar-refractivity contribution in [1.29, 1.82) is 0 Å². The van der Waals surface area contributed by atoms with Crippen LogP contribution in [0, 0.1) is 0 Å². The maximum absolute atomic E-state index is 12.8. The van der Waals surface area contributed by atoms with Crippen LogP contribution in [-0.2, 0) is 11.4 Å². The second-order valence-electron chi connectivity index (χ2n) is 7.28. The van der Waals surface area contributed by atoms with Gasteiger partial charge in [0.2, 0.25) is 0 Å². The summed E-state index contributed by atoms with van der Waals surface area (Å²) in [6.45, 7) is 4.62. The van der Waals surface area contributed by atoms with Crippen LogP contribution in [0.5, 0.6) is 5.75 Å². The van der Waals surface area contributed by atoms with Gasteiger partial charge < -0.3 is 14.5 Å². The van der Waals surface area contributed by atoms with Crippen molar-refractivity contribution >= 4 is 35.0 Å². The predicted molar refractivity (Wildman–Crippen MR) is 121 cm³/mol. The van der Waals surface area contributed by atoms with E-state index >= 15 is 0 Å². The minimum atomic E-state index is -0.217. The Balaban J connectivity index is 1.42. The van der Waals surface area contributed by atoms with E-state index in [9.17, 15) is 4.79 Å². The van der Waals surface area contributed by atoms with Gasteiger partial charge in [0.25, 0.3) is 5.91 Å². The van der Waals surface area contributed by atoms with E-state index in [1.165, 1.54) is 10.5 Å². The third-order valence-corrected chi connectivity index (χ3v) is 5.07. The SMILES string of the molecule is CC(C)c1ccc(OCc2ccc(/C=C3/NC(=S)N(c4ccccc4)C3=O)o2)cc1. The van der Waals surface area contributed by atoms with Crippen molar-refractivity contribution in [1.82, 2.24) is 5.32 Å². The van der Waals surface area contributed by atoms with Crippen LogP contribution in [0.4, 0.5) is 5.69 Å². The first-order chi connectivity index (χ1) is 14.5. The summed E-state index contributed by atoms with van der Waals surface area (Å²) < 4.78 is 11.6. The number of hydrogen-bond donors (Lipinski definition) is 1. The number of anilines is 1. The fourth-order valence-electron chi connectivity index (χ4n) is 3.14. The highest BCUT2D eigenvalue weighted by atomic mass is 32.1. The largest absolute Gasteiger partial charge is 0.486 e. The van der Waals surface area contributed by atoms with E-state index in [2.05, 4.69) is 31.3 Å². The topological polar surface area (TPSA) is 54.7 Å². The Morgan fingerprint density at radius 1 is 1.07 bits per heavy atom. The number of nitrogens with one attached hydrogen (secondary N) is 1. The van der Waals surface area contributed by atoms with Gasteiger partial charge in [0.05, 0.1) is 5.69 Å². The highest BCUT2D eigenvalue weighted by Gasteiger charge is 2.32. The molecule has 6 heteroatoms. The Hall–Kier alpha value is -3.38. The van der Waals surface area contributed by atoms with Crippen LogP contribution in [0.3, 0.4) is 0 Å². The van der Waals surface area contributed by atoms with Gasteiger partial charge >= 0.3 is 0 Å². The first-order valence-corrected chi connectivity index (χ1v) is 10.2. The summed E-state index contributed by atoms with van der Waals surface area (Å²) in [7, 11) is 0. The molecule has 0 unspecified atom stereocenters. The molecule has 1 aromatic heterocycles. The van der Waals surface area contributed by atoms with E-state index in [0.29, 0.717) is 34.9 Å². The molecule has 152 valence electrons. The number of rotatable bonds is 6. The number of para-hydroxylation sites is 1. The second kappa shape index (κ2) is 8.55. The summed E-state index contributed by atoms with van der Waals surface area (Å²) in [4.78, 5) is 14.2. The molecule has 2 aromatic carbocycles. The van der Waals surface area contributed by atoms with Gasteiger partial charge in [0.1, 0.15) is 29.6 Å². The Labute approximate surface area is 181 Å². The molecule has 1 aliphatic rings. The summed E-state index contributed by atoms with van der Waals surface area (Å²) >= 11 is 5.32. The fraction of sp³-hybridized carbons (Fsp3) is 0.167. The Kier molecular flexibility index (Phi) is 5.68. The van der Waals surface area contributed by atoms with Gasteiger partial charge in [-0.1, -0.05) is 44.2 Å². The van der Waals surface area contributed by atoms with E-state index in [1.54, 1.807) is 12.1 Å². The molecule has 0 aliphatic carbocycles. The minimum Gasteiger partial charge on any atom is -0.486 e. The van der Waals surface area contributed by atoms with Gasteiger partial charge in [-0.2, -0.15) is 0 Å². The van der Waals surface area contributed by atoms with Crippen molar-refractivity contribution in [3.05, 3.63) is 89.5 Å². The van der Waals surface area contributed by atoms with Gasteiger partial charge in [-0.25, -0.2) is 0 Å². The molecule has 30 heavy (non-hydrogen) atoms. The number of furan rings is 1. The van der Waals surface area contributed by atoms with E-state index in [0.717, 1.165) is 11.4 Å². The van der Waals surface area contributed by atoms with E-state index < -0.39 is 0 Å². The smallest absolute Gasteiger partial charge is 0.281 e. The summed E-state index contributed by atoms with van der Waals surface area (Å²) in [5, 5.41) is 3.30. The van der Waals surface area contributed by atoms with Gasteiger partial charge in [0, 0.05) is 6.08 Å². The van der Waals surface area contributed by atoms with Crippen molar-refractivity contribution in [2.45, 2.75) is 26.4 Å². The molecule has 1 saturated heterocycles. The molecule has 3 aromatic rings. The normalized spacial score (nSPS) is 15.2.